The largest absolute Gasteiger partial charge is 0.384 e. The minimum absolute atomic E-state index is 0.248. The topological polar surface area (TPSA) is 38.9 Å². The maximum absolute atomic E-state index is 5.66. The number of hydrogen-bond acceptors (Lipinski definition) is 3. The molecule has 0 unspecified atom stereocenters. The van der Waals surface area contributed by atoms with E-state index in [0.29, 0.717) is 5.82 Å². The summed E-state index contributed by atoms with van der Waals surface area (Å²) in [5, 5.41) is 0.248. The molecule has 0 radical (unpaired) electrons. The van der Waals surface area contributed by atoms with E-state index in [0.717, 1.165) is 4.90 Å². The quantitative estimate of drug-likeness (QED) is 0.717. The van der Waals surface area contributed by atoms with Gasteiger partial charge in [0, 0.05) is 11.1 Å². The summed E-state index contributed by atoms with van der Waals surface area (Å²) in [6, 6.07) is 24.9. The van der Waals surface area contributed by atoms with Gasteiger partial charge in [-0.3, -0.25) is 0 Å². The average molecular weight is 292 g/mol. The summed E-state index contributed by atoms with van der Waals surface area (Å²) < 4.78 is 0. The van der Waals surface area contributed by atoms with Crippen LogP contribution < -0.4 is 5.73 Å². The Morgan fingerprint density at radius 3 is 1.81 bits per heavy atom. The average Bonchev–Trinajstić information content (AvgIpc) is 2.56. The number of nitrogens with zero attached hydrogens (tertiary/aromatic N) is 1. The lowest BCUT2D eigenvalue weighted by Crippen LogP contribution is -1.97. The smallest absolute Gasteiger partial charge is 0.123 e. The Labute approximate surface area is 129 Å². The SMILES string of the molecule is Nc1ccc(SC(c2ccccc2)c2ccccc2)cn1. The zero-order valence-electron chi connectivity index (χ0n) is 11.5. The molecule has 0 aliphatic rings. The van der Waals surface area contributed by atoms with E-state index in [1.165, 1.54) is 11.1 Å². The van der Waals surface area contributed by atoms with Gasteiger partial charge in [-0.05, 0) is 23.3 Å². The Morgan fingerprint density at radius 1 is 0.762 bits per heavy atom. The van der Waals surface area contributed by atoms with Gasteiger partial charge in [0.1, 0.15) is 5.82 Å². The number of thioether (sulfide) groups is 1. The molecule has 0 atom stereocenters. The van der Waals surface area contributed by atoms with Gasteiger partial charge in [0.2, 0.25) is 0 Å². The molecule has 1 heterocycles. The van der Waals surface area contributed by atoms with E-state index in [9.17, 15) is 0 Å². The van der Waals surface area contributed by atoms with Crippen molar-refractivity contribution < 1.29 is 0 Å². The van der Waals surface area contributed by atoms with Gasteiger partial charge in [-0.15, -0.1) is 11.8 Å². The highest BCUT2D eigenvalue weighted by Gasteiger charge is 2.15. The molecule has 104 valence electrons. The number of nitrogens with two attached hydrogens (primary N) is 1. The summed E-state index contributed by atoms with van der Waals surface area (Å²) in [6.07, 6.45) is 1.83. The van der Waals surface area contributed by atoms with E-state index < -0.39 is 0 Å². The fourth-order valence-electron chi connectivity index (χ4n) is 2.18. The fraction of sp³-hybridized carbons (Fsp3) is 0.0556. The molecule has 0 aliphatic carbocycles. The Hall–Kier alpha value is -2.26. The summed E-state index contributed by atoms with van der Waals surface area (Å²) in [5.74, 6) is 0.551. The Kier molecular flexibility index (Phi) is 4.22. The predicted octanol–water partition coefficient (Wildman–Crippen LogP) is 4.55. The first-order valence-electron chi connectivity index (χ1n) is 6.81. The normalized spacial score (nSPS) is 10.7. The Morgan fingerprint density at radius 2 is 1.33 bits per heavy atom. The maximum Gasteiger partial charge on any atom is 0.123 e. The Bertz CT molecular complexity index is 642. The van der Waals surface area contributed by atoms with E-state index >= 15 is 0 Å². The lowest BCUT2D eigenvalue weighted by atomic mass is 10.0. The number of aromatic nitrogens is 1. The highest BCUT2D eigenvalue weighted by Crippen LogP contribution is 2.40. The van der Waals surface area contributed by atoms with Crippen LogP contribution in [0.15, 0.2) is 83.9 Å². The van der Waals surface area contributed by atoms with Crippen molar-refractivity contribution in [3.8, 4) is 0 Å². The number of hydrogen-bond donors (Lipinski definition) is 1. The molecule has 0 fully saturated rings. The molecule has 0 amide bonds. The standard InChI is InChI=1S/C18H16N2S/c19-17-12-11-16(13-20-17)21-18(14-7-3-1-4-8-14)15-9-5-2-6-10-15/h1-13,18H,(H2,19,20). The van der Waals surface area contributed by atoms with Gasteiger partial charge in [-0.1, -0.05) is 60.7 Å². The van der Waals surface area contributed by atoms with Gasteiger partial charge < -0.3 is 5.73 Å². The van der Waals surface area contributed by atoms with Gasteiger partial charge in [-0.25, -0.2) is 4.98 Å². The van der Waals surface area contributed by atoms with Gasteiger partial charge in [0.15, 0.2) is 0 Å². The molecule has 0 saturated heterocycles. The van der Waals surface area contributed by atoms with Crippen molar-refractivity contribution >= 4 is 17.6 Å². The van der Waals surface area contributed by atoms with E-state index in [1.807, 2.05) is 30.5 Å². The second-order valence-electron chi connectivity index (χ2n) is 4.74. The van der Waals surface area contributed by atoms with Crippen molar-refractivity contribution in [2.24, 2.45) is 0 Å². The van der Waals surface area contributed by atoms with Gasteiger partial charge >= 0.3 is 0 Å². The molecule has 21 heavy (non-hydrogen) atoms. The van der Waals surface area contributed by atoms with Crippen LogP contribution in [-0.4, -0.2) is 4.98 Å². The molecule has 0 saturated carbocycles. The van der Waals surface area contributed by atoms with Crippen LogP contribution in [0, 0.1) is 0 Å². The summed E-state index contributed by atoms with van der Waals surface area (Å²) in [5.41, 5.74) is 8.23. The minimum Gasteiger partial charge on any atom is -0.384 e. The molecule has 0 aliphatic heterocycles. The maximum atomic E-state index is 5.66. The lowest BCUT2D eigenvalue weighted by molar-refractivity contribution is 1.14. The third-order valence-electron chi connectivity index (χ3n) is 3.22. The molecule has 1 aromatic heterocycles. The Balaban J connectivity index is 1.95. The number of anilines is 1. The first-order valence-corrected chi connectivity index (χ1v) is 7.69. The van der Waals surface area contributed by atoms with Crippen LogP contribution in [0.2, 0.25) is 0 Å². The highest BCUT2D eigenvalue weighted by molar-refractivity contribution is 7.99. The zero-order chi connectivity index (χ0) is 14.5. The van der Waals surface area contributed by atoms with Crippen LogP contribution in [0.4, 0.5) is 5.82 Å². The molecule has 2 aromatic carbocycles. The molecular formula is C18H16N2S. The summed E-state index contributed by atoms with van der Waals surface area (Å²) in [6.45, 7) is 0. The highest BCUT2D eigenvalue weighted by atomic mass is 32.2. The molecule has 2 nitrogen and oxygen atoms in total. The van der Waals surface area contributed by atoms with E-state index in [1.54, 1.807) is 11.8 Å². The fourth-order valence-corrected chi connectivity index (χ4v) is 3.30. The molecule has 0 bridgehead atoms. The van der Waals surface area contributed by atoms with E-state index in [2.05, 4.69) is 53.5 Å². The second-order valence-corrected chi connectivity index (χ2v) is 5.92. The third-order valence-corrected chi connectivity index (χ3v) is 4.51. The first-order chi connectivity index (χ1) is 10.3. The van der Waals surface area contributed by atoms with Crippen LogP contribution >= 0.6 is 11.8 Å². The second kappa shape index (κ2) is 6.46. The number of benzene rings is 2. The van der Waals surface area contributed by atoms with Crippen LogP contribution in [0.1, 0.15) is 16.4 Å². The first kappa shape index (κ1) is 13.7. The van der Waals surface area contributed by atoms with E-state index in [4.69, 9.17) is 5.73 Å². The zero-order valence-corrected chi connectivity index (χ0v) is 12.3. The predicted molar refractivity (Wildman–Crippen MR) is 89.2 cm³/mol. The van der Waals surface area contributed by atoms with Crippen molar-refractivity contribution in [1.82, 2.24) is 4.98 Å². The minimum atomic E-state index is 0.248. The summed E-state index contributed by atoms with van der Waals surface area (Å²) in [7, 11) is 0. The van der Waals surface area contributed by atoms with Gasteiger partial charge in [0.25, 0.3) is 0 Å². The van der Waals surface area contributed by atoms with Crippen molar-refractivity contribution in [3.63, 3.8) is 0 Å². The molecule has 3 rings (SSSR count). The monoisotopic (exact) mass is 292 g/mol. The number of nitrogen functional groups attached to an aromatic ring is 1. The van der Waals surface area contributed by atoms with Crippen molar-refractivity contribution in [3.05, 3.63) is 90.1 Å². The molecule has 3 heteroatoms. The number of pyridine rings is 1. The molecular weight excluding hydrogens is 276 g/mol. The van der Waals surface area contributed by atoms with Crippen molar-refractivity contribution in [2.45, 2.75) is 10.1 Å². The van der Waals surface area contributed by atoms with Gasteiger partial charge in [-0.2, -0.15) is 0 Å². The molecule has 3 aromatic rings. The van der Waals surface area contributed by atoms with Gasteiger partial charge in [0.05, 0.1) is 5.25 Å². The lowest BCUT2D eigenvalue weighted by Gasteiger charge is -2.17. The van der Waals surface area contributed by atoms with Crippen molar-refractivity contribution in [2.75, 3.05) is 5.73 Å². The van der Waals surface area contributed by atoms with Crippen LogP contribution in [0.25, 0.3) is 0 Å². The molecule has 0 spiro atoms. The molecule has 2 N–H and O–H groups in total. The van der Waals surface area contributed by atoms with Crippen LogP contribution in [0.5, 0.6) is 0 Å². The summed E-state index contributed by atoms with van der Waals surface area (Å²) >= 11 is 1.79. The van der Waals surface area contributed by atoms with E-state index in [-0.39, 0.29) is 5.25 Å². The van der Waals surface area contributed by atoms with Crippen molar-refractivity contribution in [1.29, 1.82) is 0 Å². The van der Waals surface area contributed by atoms with Crippen LogP contribution in [0.3, 0.4) is 0 Å². The van der Waals surface area contributed by atoms with Crippen LogP contribution in [-0.2, 0) is 0 Å². The third kappa shape index (κ3) is 3.44. The number of rotatable bonds is 4. The summed E-state index contributed by atoms with van der Waals surface area (Å²) in [4.78, 5) is 5.29.